The van der Waals surface area contributed by atoms with E-state index in [0.29, 0.717) is 11.2 Å². The molecular formula is C13H22N5O7P. The van der Waals surface area contributed by atoms with E-state index in [1.165, 1.54) is 17.2 Å². The topological polar surface area (TPSA) is 178 Å². The number of anilines is 1. The Balaban J connectivity index is 1.74. The Labute approximate surface area is 148 Å². The number of nitrogens with zero attached hydrogens (tertiary/aromatic N) is 4. The number of ether oxygens (including phenoxy) is 1. The molecule has 0 unspecified atom stereocenters. The second kappa shape index (κ2) is 7.25. The van der Waals surface area contributed by atoms with E-state index in [-0.39, 0.29) is 12.4 Å². The monoisotopic (exact) mass is 391 g/mol. The van der Waals surface area contributed by atoms with Gasteiger partial charge in [-0.25, -0.2) is 0 Å². The van der Waals surface area contributed by atoms with Gasteiger partial charge in [0.05, 0.1) is 0 Å². The number of aliphatic hydroxyl groups is 2. The van der Waals surface area contributed by atoms with Crippen LogP contribution in [0.2, 0.25) is 0 Å². The van der Waals surface area contributed by atoms with E-state index in [1.54, 1.807) is 13.8 Å². The molecule has 0 saturated carbocycles. The Morgan fingerprint density at radius 1 is 1.27 bits per heavy atom. The van der Waals surface area contributed by atoms with Crippen molar-refractivity contribution in [2.24, 2.45) is 0 Å². The van der Waals surface area contributed by atoms with Crippen LogP contribution >= 0.6 is 8.17 Å². The van der Waals surface area contributed by atoms with E-state index in [0.717, 1.165) is 0 Å². The molecule has 2 aromatic heterocycles. The maximum absolute atomic E-state index is 10.3. The average Bonchev–Trinajstić information content (AvgIpc) is 3.08. The van der Waals surface area contributed by atoms with Gasteiger partial charge < -0.3 is 0 Å². The number of aliphatic hydroxyl groups excluding tert-OH is 2. The zero-order valence-corrected chi connectivity index (χ0v) is 15.1. The van der Waals surface area contributed by atoms with Crippen LogP contribution in [-0.4, -0.2) is 70.5 Å². The van der Waals surface area contributed by atoms with E-state index in [9.17, 15) is 20.0 Å². The molecule has 0 aromatic carbocycles. The van der Waals surface area contributed by atoms with E-state index in [1.807, 2.05) is 0 Å². The fourth-order valence-corrected chi connectivity index (χ4v) is 3.75. The van der Waals surface area contributed by atoms with Crippen molar-refractivity contribution in [2.75, 3.05) is 12.3 Å². The maximum atomic E-state index is 10.3. The van der Waals surface area contributed by atoms with Crippen molar-refractivity contribution < 1.29 is 33.8 Å². The third kappa shape index (κ3) is 3.77. The molecule has 2 aromatic rings. The molecule has 1 aliphatic rings. The van der Waals surface area contributed by atoms with Crippen LogP contribution in [0, 0.1) is 0 Å². The summed E-state index contributed by atoms with van der Waals surface area (Å²) in [6, 6.07) is 0. The molecule has 0 radical (unpaired) electrons. The Morgan fingerprint density at radius 3 is 2.69 bits per heavy atom. The zero-order chi connectivity index (χ0) is 19.1. The van der Waals surface area contributed by atoms with Gasteiger partial charge in [0.2, 0.25) is 0 Å². The zero-order valence-electron chi connectivity index (χ0n) is 14.1. The van der Waals surface area contributed by atoms with Crippen molar-refractivity contribution in [3.8, 4) is 0 Å². The quantitative estimate of drug-likeness (QED) is 0.376. The molecule has 146 valence electrons. The standard InChI is InChI=1S/C13H22N5O7P/c1-6(2)25-26(21,22)23-3-7-9(19)10(20)13(24-7)18-5-17-8-11(14)15-4-16-12(8)18/h4-7,9-10,13,19-22,26H,3H2,1-2H3,(H2,14,15,16)/t7-,9-,10-,13-/m0/s1. The Kier molecular flexibility index (Phi) is 5.37. The molecule has 4 atom stereocenters. The molecule has 1 saturated heterocycles. The molecule has 0 amide bonds. The molecule has 0 aliphatic carbocycles. The molecule has 1 aliphatic heterocycles. The van der Waals surface area contributed by atoms with E-state index in [2.05, 4.69) is 15.0 Å². The summed E-state index contributed by atoms with van der Waals surface area (Å²) < 4.78 is 16.9. The Bertz CT molecular complexity index is 772. The first-order valence-electron chi connectivity index (χ1n) is 7.90. The summed E-state index contributed by atoms with van der Waals surface area (Å²) in [5.74, 6) is 0.170. The van der Waals surface area contributed by atoms with Crippen molar-refractivity contribution in [3.63, 3.8) is 0 Å². The van der Waals surface area contributed by atoms with Gasteiger partial charge in [0.1, 0.15) is 0 Å². The van der Waals surface area contributed by atoms with Gasteiger partial charge in [-0.3, -0.25) is 0 Å². The summed E-state index contributed by atoms with van der Waals surface area (Å²) in [7, 11) is -4.35. The van der Waals surface area contributed by atoms with Crippen LogP contribution in [0.4, 0.5) is 5.82 Å². The molecule has 13 heteroatoms. The molecule has 0 bridgehead atoms. The normalized spacial score (nSPS) is 27.5. The number of nitrogen functional groups attached to an aromatic ring is 1. The molecule has 12 nitrogen and oxygen atoms in total. The van der Waals surface area contributed by atoms with Gasteiger partial charge in [-0.2, -0.15) is 0 Å². The summed E-state index contributed by atoms with van der Waals surface area (Å²) in [6.07, 6.45) is -2.54. The predicted octanol–water partition coefficient (Wildman–Crippen LogP) is -1.14. The van der Waals surface area contributed by atoms with Crippen LogP contribution in [0.1, 0.15) is 20.1 Å². The van der Waals surface area contributed by atoms with Gasteiger partial charge in [0.15, 0.2) is 0 Å². The van der Waals surface area contributed by atoms with E-state index >= 15 is 0 Å². The number of hydrogen-bond donors (Lipinski definition) is 5. The first-order chi connectivity index (χ1) is 12.2. The average molecular weight is 391 g/mol. The minimum atomic E-state index is -4.35. The fourth-order valence-electron chi connectivity index (χ4n) is 2.68. The molecule has 3 heterocycles. The number of aromatic nitrogens is 4. The number of fused-ring (bicyclic) bond motifs is 1. The summed E-state index contributed by atoms with van der Waals surface area (Å²) in [4.78, 5) is 31.4. The molecule has 1 fully saturated rings. The third-order valence-corrected chi connectivity index (χ3v) is 5.14. The number of hydrogen-bond acceptors (Lipinski definition) is 11. The number of nitrogens with two attached hydrogens (primary N) is 1. The summed E-state index contributed by atoms with van der Waals surface area (Å²) in [5, 5.41) is 20.5. The Hall–Kier alpha value is -1.50. The SMILES string of the molecule is CC(C)O[PH](O)(O)OC[C@@H]1O[C@H](n2cnc3c(N)ncnc32)[C@@H](O)[C@H]1O. The van der Waals surface area contributed by atoms with Gasteiger partial charge in [-0.1, -0.05) is 0 Å². The van der Waals surface area contributed by atoms with Crippen LogP contribution in [0.3, 0.4) is 0 Å². The minimum absolute atomic E-state index is 0.170. The summed E-state index contributed by atoms with van der Waals surface area (Å²) in [6.45, 7) is 2.86. The third-order valence-electron chi connectivity index (χ3n) is 3.82. The fraction of sp³-hybridized carbons (Fsp3) is 0.615. The van der Waals surface area contributed by atoms with Crippen LogP contribution < -0.4 is 5.73 Å². The van der Waals surface area contributed by atoms with Crippen molar-refractivity contribution in [1.82, 2.24) is 19.5 Å². The molecule has 26 heavy (non-hydrogen) atoms. The molecule has 6 N–H and O–H groups in total. The van der Waals surface area contributed by atoms with Crippen LogP contribution in [-0.2, 0) is 13.8 Å². The van der Waals surface area contributed by atoms with Gasteiger partial charge in [0.25, 0.3) is 0 Å². The van der Waals surface area contributed by atoms with Crippen LogP contribution in [0.15, 0.2) is 12.7 Å². The first-order valence-corrected chi connectivity index (χ1v) is 9.62. The number of rotatable bonds is 6. The van der Waals surface area contributed by atoms with E-state index < -0.39 is 38.8 Å². The van der Waals surface area contributed by atoms with Crippen molar-refractivity contribution in [2.45, 2.75) is 44.5 Å². The Morgan fingerprint density at radius 2 is 2.00 bits per heavy atom. The predicted molar refractivity (Wildman–Crippen MR) is 90.6 cm³/mol. The second-order valence-electron chi connectivity index (χ2n) is 6.16. The summed E-state index contributed by atoms with van der Waals surface area (Å²) in [5.41, 5.74) is 6.39. The van der Waals surface area contributed by atoms with Crippen molar-refractivity contribution in [1.29, 1.82) is 0 Å². The van der Waals surface area contributed by atoms with Gasteiger partial charge in [0, 0.05) is 0 Å². The van der Waals surface area contributed by atoms with E-state index in [4.69, 9.17) is 19.5 Å². The number of imidazole rings is 1. The molecular weight excluding hydrogens is 369 g/mol. The van der Waals surface area contributed by atoms with Crippen LogP contribution in [0.5, 0.6) is 0 Å². The van der Waals surface area contributed by atoms with Gasteiger partial charge >= 0.3 is 148 Å². The summed E-state index contributed by atoms with van der Waals surface area (Å²) >= 11 is 0. The first kappa shape index (κ1) is 19.3. The van der Waals surface area contributed by atoms with Crippen molar-refractivity contribution >= 4 is 25.2 Å². The van der Waals surface area contributed by atoms with Gasteiger partial charge in [-0.15, -0.1) is 0 Å². The molecule has 0 spiro atoms. The molecule has 3 rings (SSSR count). The van der Waals surface area contributed by atoms with Crippen molar-refractivity contribution in [3.05, 3.63) is 12.7 Å². The van der Waals surface area contributed by atoms with Gasteiger partial charge in [-0.05, 0) is 0 Å². The second-order valence-corrected chi connectivity index (χ2v) is 7.78. The van der Waals surface area contributed by atoms with Crippen LogP contribution in [0.25, 0.3) is 11.2 Å².